The van der Waals surface area contributed by atoms with Crippen LogP contribution in [0.5, 0.6) is 5.75 Å². The van der Waals surface area contributed by atoms with Crippen molar-refractivity contribution in [3.8, 4) is 17.0 Å². The van der Waals surface area contributed by atoms with Crippen LogP contribution < -0.4 is 10.5 Å². The summed E-state index contributed by atoms with van der Waals surface area (Å²) in [6.45, 7) is 6.21. The maximum absolute atomic E-state index is 12.7. The smallest absolute Gasteiger partial charge is 0.387 e. The Morgan fingerprint density at radius 2 is 1.97 bits per heavy atom. The molecule has 174 valence electrons. The number of nitrogens with two attached hydrogens (primary N) is 1. The number of nitrogen functional groups attached to an aromatic ring is 1. The molecule has 3 heterocycles. The lowest BCUT2D eigenvalue weighted by atomic mass is 10.0. The standard InChI is InChI=1S/C23H31F2N5O2/c1-12(2)30-19(9-18(28-30)14-6-20(32-23(24)25)22(26)27-10-14)21-16-7-15(8-17(16)21)29-4-5-31-11-13(29)3/h6,9-10,12-13,15-17,21,23H,4-5,7-8,11H2,1-3H3,(H2,26,27)/t13-,15-,16-,17+,21+/m0/s1. The van der Waals surface area contributed by atoms with Crippen molar-refractivity contribution in [2.45, 2.75) is 64.3 Å². The molecule has 9 heteroatoms. The second-order valence-corrected chi connectivity index (χ2v) is 9.62. The fraction of sp³-hybridized carbons (Fsp3) is 0.652. The molecule has 5 atom stereocenters. The average molecular weight is 448 g/mol. The van der Waals surface area contributed by atoms with Crippen LogP contribution in [0.3, 0.4) is 0 Å². The van der Waals surface area contributed by atoms with Crippen molar-refractivity contribution in [3.05, 3.63) is 24.0 Å². The minimum atomic E-state index is -2.95. The second kappa shape index (κ2) is 8.26. The zero-order valence-electron chi connectivity index (χ0n) is 18.7. The molecular weight excluding hydrogens is 416 g/mol. The summed E-state index contributed by atoms with van der Waals surface area (Å²) in [6, 6.07) is 4.92. The SMILES string of the molecule is CC(C)n1nc(-c2cnc(N)c(OC(F)F)c2)cc1[C@H]1[C@@H]2C[C@@H](N3CCOC[C@@H]3C)C[C@@H]21. The van der Waals surface area contributed by atoms with Crippen LogP contribution in [0.25, 0.3) is 11.3 Å². The summed E-state index contributed by atoms with van der Waals surface area (Å²) < 4.78 is 37.6. The topological polar surface area (TPSA) is 78.4 Å². The van der Waals surface area contributed by atoms with Crippen LogP contribution >= 0.6 is 0 Å². The van der Waals surface area contributed by atoms with Crippen LogP contribution in [0.1, 0.15) is 51.3 Å². The van der Waals surface area contributed by atoms with Gasteiger partial charge in [0.05, 0.1) is 18.9 Å². The van der Waals surface area contributed by atoms with Gasteiger partial charge in [-0.2, -0.15) is 13.9 Å². The molecule has 3 aliphatic rings. The zero-order chi connectivity index (χ0) is 22.6. The normalized spacial score (nSPS) is 30.2. The van der Waals surface area contributed by atoms with Crippen molar-refractivity contribution in [2.75, 3.05) is 25.5 Å². The van der Waals surface area contributed by atoms with Crippen molar-refractivity contribution < 1.29 is 18.3 Å². The van der Waals surface area contributed by atoms with E-state index in [9.17, 15) is 8.78 Å². The van der Waals surface area contributed by atoms with Gasteiger partial charge in [-0.15, -0.1) is 0 Å². The molecule has 2 saturated carbocycles. The molecule has 2 aromatic rings. The average Bonchev–Trinajstić information content (AvgIpc) is 3.09. The molecule has 0 amide bonds. The fourth-order valence-corrected chi connectivity index (χ4v) is 5.80. The van der Waals surface area contributed by atoms with E-state index in [1.165, 1.54) is 24.6 Å². The third-order valence-electron chi connectivity index (χ3n) is 7.30. The molecular formula is C23H31F2N5O2. The first-order valence-electron chi connectivity index (χ1n) is 11.5. The maximum Gasteiger partial charge on any atom is 0.387 e. The van der Waals surface area contributed by atoms with Gasteiger partial charge in [-0.25, -0.2) is 4.98 Å². The van der Waals surface area contributed by atoms with E-state index in [2.05, 4.69) is 46.1 Å². The highest BCUT2D eigenvalue weighted by Gasteiger charge is 2.59. The maximum atomic E-state index is 12.7. The lowest BCUT2D eigenvalue weighted by molar-refractivity contribution is -0.0494. The monoisotopic (exact) mass is 447 g/mol. The van der Waals surface area contributed by atoms with Crippen LogP contribution in [0.4, 0.5) is 14.6 Å². The Hall–Kier alpha value is -2.26. The van der Waals surface area contributed by atoms with Gasteiger partial charge < -0.3 is 15.2 Å². The van der Waals surface area contributed by atoms with Crippen LogP contribution in [-0.4, -0.2) is 58.1 Å². The molecule has 1 saturated heterocycles. The van der Waals surface area contributed by atoms with Gasteiger partial charge >= 0.3 is 6.61 Å². The Bertz CT molecular complexity index is 969. The van der Waals surface area contributed by atoms with Gasteiger partial charge in [0.15, 0.2) is 11.6 Å². The molecule has 2 aromatic heterocycles. The van der Waals surface area contributed by atoms with Crippen LogP contribution in [-0.2, 0) is 4.74 Å². The van der Waals surface area contributed by atoms with E-state index in [0.717, 1.165) is 19.8 Å². The lowest BCUT2D eigenvalue weighted by Crippen LogP contribution is -2.49. The van der Waals surface area contributed by atoms with Crippen molar-refractivity contribution >= 4 is 5.82 Å². The molecule has 1 aliphatic heterocycles. The number of fused-ring (bicyclic) bond motifs is 1. The Labute approximate surface area is 186 Å². The molecule has 0 spiro atoms. The minimum Gasteiger partial charge on any atom is -0.431 e. The van der Waals surface area contributed by atoms with Crippen LogP contribution in [0.15, 0.2) is 18.3 Å². The van der Waals surface area contributed by atoms with Gasteiger partial charge in [-0.1, -0.05) is 0 Å². The summed E-state index contributed by atoms with van der Waals surface area (Å²) in [6.07, 6.45) is 4.00. The number of morpholine rings is 1. The van der Waals surface area contributed by atoms with Crippen molar-refractivity contribution in [1.82, 2.24) is 19.7 Å². The summed E-state index contributed by atoms with van der Waals surface area (Å²) in [5, 5.41) is 4.81. The molecule has 3 fully saturated rings. The van der Waals surface area contributed by atoms with E-state index in [1.807, 2.05) is 0 Å². The summed E-state index contributed by atoms with van der Waals surface area (Å²) in [5.74, 6) is 1.69. The number of hydrogen-bond donors (Lipinski definition) is 1. The third kappa shape index (κ3) is 3.85. The first kappa shape index (κ1) is 21.6. The molecule has 7 nitrogen and oxygen atoms in total. The molecule has 2 N–H and O–H groups in total. The summed E-state index contributed by atoms with van der Waals surface area (Å²) in [4.78, 5) is 6.66. The fourth-order valence-electron chi connectivity index (χ4n) is 5.80. The minimum absolute atomic E-state index is 0.0577. The van der Waals surface area contributed by atoms with E-state index in [1.54, 1.807) is 6.20 Å². The number of hydrogen-bond acceptors (Lipinski definition) is 6. The molecule has 0 bridgehead atoms. The zero-order valence-corrected chi connectivity index (χ0v) is 18.7. The number of aromatic nitrogens is 3. The van der Waals surface area contributed by atoms with Crippen molar-refractivity contribution in [3.63, 3.8) is 0 Å². The van der Waals surface area contributed by atoms with Crippen molar-refractivity contribution in [1.29, 1.82) is 0 Å². The van der Waals surface area contributed by atoms with Crippen LogP contribution in [0, 0.1) is 11.8 Å². The third-order valence-corrected chi connectivity index (χ3v) is 7.30. The predicted molar refractivity (Wildman–Crippen MR) is 117 cm³/mol. The molecule has 0 radical (unpaired) electrons. The number of ether oxygens (including phenoxy) is 2. The van der Waals surface area contributed by atoms with E-state index < -0.39 is 6.61 Å². The van der Waals surface area contributed by atoms with Gasteiger partial charge in [0.2, 0.25) is 0 Å². The van der Waals surface area contributed by atoms with Gasteiger partial charge in [-0.3, -0.25) is 9.58 Å². The predicted octanol–water partition coefficient (Wildman–Crippen LogP) is 3.92. The number of pyridine rings is 1. The first-order valence-corrected chi connectivity index (χ1v) is 11.5. The van der Waals surface area contributed by atoms with E-state index in [0.29, 0.717) is 41.1 Å². The number of rotatable bonds is 6. The first-order chi connectivity index (χ1) is 15.3. The second-order valence-electron chi connectivity index (χ2n) is 9.62. The Morgan fingerprint density at radius 1 is 1.22 bits per heavy atom. The Kier molecular flexibility index (Phi) is 5.57. The number of halogens is 2. The highest BCUT2D eigenvalue weighted by Crippen LogP contribution is 2.64. The number of nitrogens with zero attached hydrogens (tertiary/aromatic N) is 4. The molecule has 5 rings (SSSR count). The van der Waals surface area contributed by atoms with Crippen molar-refractivity contribution in [2.24, 2.45) is 11.8 Å². The van der Waals surface area contributed by atoms with Gasteiger partial charge in [0, 0.05) is 48.0 Å². The summed E-state index contributed by atoms with van der Waals surface area (Å²) >= 11 is 0. The highest BCUT2D eigenvalue weighted by molar-refractivity contribution is 5.64. The molecule has 0 aromatic carbocycles. The Balaban J connectivity index is 1.36. The van der Waals surface area contributed by atoms with E-state index in [4.69, 9.17) is 15.6 Å². The molecule has 2 aliphatic carbocycles. The van der Waals surface area contributed by atoms with Gasteiger partial charge in [-0.05, 0) is 57.6 Å². The summed E-state index contributed by atoms with van der Waals surface area (Å²) in [7, 11) is 0. The van der Waals surface area contributed by atoms with E-state index in [-0.39, 0.29) is 17.6 Å². The quantitative estimate of drug-likeness (QED) is 0.723. The number of anilines is 1. The molecule has 32 heavy (non-hydrogen) atoms. The largest absolute Gasteiger partial charge is 0.431 e. The van der Waals surface area contributed by atoms with Gasteiger partial charge in [0.25, 0.3) is 0 Å². The Morgan fingerprint density at radius 3 is 2.62 bits per heavy atom. The lowest BCUT2D eigenvalue weighted by Gasteiger charge is -2.38. The van der Waals surface area contributed by atoms with E-state index >= 15 is 0 Å². The molecule has 0 unspecified atom stereocenters. The van der Waals surface area contributed by atoms with Crippen LogP contribution in [0.2, 0.25) is 0 Å². The highest BCUT2D eigenvalue weighted by atomic mass is 19.3. The summed E-state index contributed by atoms with van der Waals surface area (Å²) in [5.41, 5.74) is 8.26. The number of alkyl halides is 2. The van der Waals surface area contributed by atoms with Gasteiger partial charge in [0.1, 0.15) is 0 Å².